The molecule has 1 heterocycles. The quantitative estimate of drug-likeness (QED) is 0.927. The molecule has 2 atom stereocenters. The lowest BCUT2D eigenvalue weighted by molar-refractivity contribution is 0.00925. The van der Waals surface area contributed by atoms with Crippen LogP contribution in [0.25, 0.3) is 0 Å². The van der Waals surface area contributed by atoms with Gasteiger partial charge in [-0.25, -0.2) is 8.42 Å². The van der Waals surface area contributed by atoms with E-state index in [-0.39, 0.29) is 17.0 Å². The first-order chi connectivity index (χ1) is 9.40. The molecule has 0 saturated carbocycles. The summed E-state index contributed by atoms with van der Waals surface area (Å²) in [4.78, 5) is 0.281. The van der Waals surface area contributed by atoms with E-state index in [0.717, 1.165) is 25.9 Å². The van der Waals surface area contributed by atoms with Crippen LogP contribution in [0.15, 0.2) is 23.1 Å². The molecule has 4 nitrogen and oxygen atoms in total. The van der Waals surface area contributed by atoms with Crippen molar-refractivity contribution in [2.45, 2.75) is 43.2 Å². The summed E-state index contributed by atoms with van der Waals surface area (Å²) in [6, 6.07) is 5.02. The lowest BCUT2D eigenvalue weighted by atomic mass is 10.0. The third-order valence-corrected chi connectivity index (χ3v) is 4.99. The SMILES string of the molecule is CCC1CC(Nc2cc(S(C)(=O)=O)ccc2Cl)CCO1. The molecular formula is C14H20ClNO3S. The molecule has 20 heavy (non-hydrogen) atoms. The summed E-state index contributed by atoms with van der Waals surface area (Å²) < 4.78 is 28.8. The maximum Gasteiger partial charge on any atom is 0.175 e. The fourth-order valence-electron chi connectivity index (χ4n) is 2.36. The standard InChI is InChI=1S/C14H20ClNO3S/c1-3-11-8-10(6-7-19-11)16-14-9-12(20(2,17)18)4-5-13(14)15/h4-5,9-11,16H,3,6-8H2,1-2H3. The van der Waals surface area contributed by atoms with Crippen molar-refractivity contribution < 1.29 is 13.2 Å². The van der Waals surface area contributed by atoms with Crippen molar-refractivity contribution in [2.75, 3.05) is 18.2 Å². The number of nitrogens with one attached hydrogen (secondary N) is 1. The van der Waals surface area contributed by atoms with Gasteiger partial charge in [0.05, 0.1) is 21.7 Å². The van der Waals surface area contributed by atoms with Crippen molar-refractivity contribution in [2.24, 2.45) is 0 Å². The van der Waals surface area contributed by atoms with Crippen LogP contribution in [0.3, 0.4) is 0 Å². The number of rotatable bonds is 4. The highest BCUT2D eigenvalue weighted by molar-refractivity contribution is 7.90. The minimum absolute atomic E-state index is 0.262. The Morgan fingerprint density at radius 2 is 2.20 bits per heavy atom. The molecule has 112 valence electrons. The molecule has 2 unspecified atom stereocenters. The first kappa shape index (κ1) is 15.6. The topological polar surface area (TPSA) is 55.4 Å². The van der Waals surface area contributed by atoms with Crippen LogP contribution in [-0.2, 0) is 14.6 Å². The monoisotopic (exact) mass is 317 g/mol. The normalized spacial score (nSPS) is 23.6. The van der Waals surface area contributed by atoms with E-state index >= 15 is 0 Å². The Labute approximate surface area is 125 Å². The van der Waals surface area contributed by atoms with Crippen LogP contribution >= 0.6 is 11.6 Å². The van der Waals surface area contributed by atoms with Crippen LogP contribution < -0.4 is 5.32 Å². The average molecular weight is 318 g/mol. The Hall–Kier alpha value is -0.780. The molecule has 0 bridgehead atoms. The van der Waals surface area contributed by atoms with Crippen LogP contribution in [0.2, 0.25) is 5.02 Å². The van der Waals surface area contributed by atoms with E-state index in [4.69, 9.17) is 16.3 Å². The van der Waals surface area contributed by atoms with Crippen molar-refractivity contribution in [1.29, 1.82) is 0 Å². The number of hydrogen-bond donors (Lipinski definition) is 1. The van der Waals surface area contributed by atoms with Gasteiger partial charge in [0.25, 0.3) is 0 Å². The second kappa shape index (κ2) is 6.33. The zero-order valence-corrected chi connectivity index (χ0v) is 13.3. The molecular weight excluding hydrogens is 298 g/mol. The van der Waals surface area contributed by atoms with E-state index in [0.29, 0.717) is 10.7 Å². The predicted octanol–water partition coefficient (Wildman–Crippen LogP) is 3.11. The van der Waals surface area contributed by atoms with Crippen molar-refractivity contribution in [3.05, 3.63) is 23.2 Å². The van der Waals surface area contributed by atoms with Gasteiger partial charge in [0.1, 0.15) is 0 Å². The van der Waals surface area contributed by atoms with Gasteiger partial charge in [-0.2, -0.15) is 0 Å². The summed E-state index contributed by atoms with van der Waals surface area (Å²) in [5.74, 6) is 0. The number of hydrogen-bond acceptors (Lipinski definition) is 4. The molecule has 1 aliphatic rings. The maximum absolute atomic E-state index is 11.6. The number of benzene rings is 1. The minimum atomic E-state index is -3.22. The molecule has 0 aromatic heterocycles. The van der Waals surface area contributed by atoms with Gasteiger partial charge in [-0.1, -0.05) is 18.5 Å². The molecule has 0 radical (unpaired) electrons. The lowest BCUT2D eigenvalue weighted by Crippen LogP contribution is -2.33. The molecule has 1 fully saturated rings. The maximum atomic E-state index is 11.6. The van der Waals surface area contributed by atoms with Crippen LogP contribution in [-0.4, -0.2) is 33.4 Å². The zero-order chi connectivity index (χ0) is 14.8. The predicted molar refractivity (Wildman–Crippen MR) is 81.2 cm³/mol. The molecule has 1 N–H and O–H groups in total. The van der Waals surface area contributed by atoms with E-state index in [9.17, 15) is 8.42 Å². The van der Waals surface area contributed by atoms with E-state index < -0.39 is 9.84 Å². The van der Waals surface area contributed by atoms with Gasteiger partial charge in [0.15, 0.2) is 9.84 Å². The van der Waals surface area contributed by atoms with Gasteiger partial charge >= 0.3 is 0 Å². The van der Waals surface area contributed by atoms with Crippen LogP contribution in [0.1, 0.15) is 26.2 Å². The van der Waals surface area contributed by atoms with E-state index in [1.807, 2.05) is 0 Å². The van der Waals surface area contributed by atoms with Gasteiger partial charge in [-0.05, 0) is 37.5 Å². The van der Waals surface area contributed by atoms with Gasteiger partial charge in [0, 0.05) is 18.9 Å². The van der Waals surface area contributed by atoms with Crippen molar-refractivity contribution in [3.8, 4) is 0 Å². The largest absolute Gasteiger partial charge is 0.381 e. The second-order valence-corrected chi connectivity index (χ2v) is 7.60. The number of halogens is 1. The van der Waals surface area contributed by atoms with Crippen molar-refractivity contribution in [3.63, 3.8) is 0 Å². The lowest BCUT2D eigenvalue weighted by Gasteiger charge is -2.30. The van der Waals surface area contributed by atoms with E-state index in [1.54, 1.807) is 12.1 Å². The first-order valence-electron chi connectivity index (χ1n) is 6.78. The Bertz CT molecular complexity index is 574. The molecule has 6 heteroatoms. The van der Waals surface area contributed by atoms with Gasteiger partial charge in [-0.3, -0.25) is 0 Å². The summed E-state index contributed by atoms with van der Waals surface area (Å²) in [5.41, 5.74) is 0.677. The fraction of sp³-hybridized carbons (Fsp3) is 0.571. The summed E-state index contributed by atoms with van der Waals surface area (Å²) in [5, 5.41) is 3.89. The molecule has 1 aliphatic heterocycles. The molecule has 1 aromatic rings. The van der Waals surface area contributed by atoms with Crippen LogP contribution in [0.5, 0.6) is 0 Å². The smallest absolute Gasteiger partial charge is 0.175 e. The van der Waals surface area contributed by atoms with Gasteiger partial charge < -0.3 is 10.1 Å². The second-order valence-electron chi connectivity index (χ2n) is 5.18. The summed E-state index contributed by atoms with van der Waals surface area (Å²) in [7, 11) is -3.22. The van der Waals surface area contributed by atoms with Crippen LogP contribution in [0.4, 0.5) is 5.69 Å². The molecule has 0 aliphatic carbocycles. The number of anilines is 1. The average Bonchev–Trinajstić information content (AvgIpc) is 2.40. The van der Waals surface area contributed by atoms with Crippen LogP contribution in [0, 0.1) is 0 Å². The molecule has 1 aromatic carbocycles. The highest BCUT2D eigenvalue weighted by Gasteiger charge is 2.22. The van der Waals surface area contributed by atoms with Crippen molar-refractivity contribution in [1.82, 2.24) is 0 Å². The summed E-state index contributed by atoms with van der Waals surface area (Å²) in [6.45, 7) is 2.82. The Morgan fingerprint density at radius 3 is 2.85 bits per heavy atom. The number of sulfone groups is 1. The Balaban J connectivity index is 2.16. The fourth-order valence-corrected chi connectivity index (χ4v) is 3.18. The highest BCUT2D eigenvalue weighted by atomic mass is 35.5. The summed E-state index contributed by atoms with van der Waals surface area (Å²) in [6.07, 6.45) is 4.25. The zero-order valence-electron chi connectivity index (χ0n) is 11.7. The molecule has 1 saturated heterocycles. The van der Waals surface area contributed by atoms with Gasteiger partial charge in [-0.15, -0.1) is 0 Å². The molecule has 0 amide bonds. The molecule has 0 spiro atoms. The van der Waals surface area contributed by atoms with E-state index in [1.165, 1.54) is 12.3 Å². The van der Waals surface area contributed by atoms with E-state index in [2.05, 4.69) is 12.2 Å². The Morgan fingerprint density at radius 1 is 1.45 bits per heavy atom. The third kappa shape index (κ3) is 3.87. The summed E-state index contributed by atoms with van der Waals surface area (Å²) >= 11 is 6.15. The van der Waals surface area contributed by atoms with Gasteiger partial charge in [0.2, 0.25) is 0 Å². The highest BCUT2D eigenvalue weighted by Crippen LogP contribution is 2.28. The third-order valence-electron chi connectivity index (χ3n) is 3.55. The minimum Gasteiger partial charge on any atom is -0.381 e. The Kier molecular flexibility index (Phi) is 4.94. The first-order valence-corrected chi connectivity index (χ1v) is 9.05. The number of ether oxygens (including phenoxy) is 1. The molecule has 2 rings (SSSR count). The van der Waals surface area contributed by atoms with Crippen molar-refractivity contribution >= 4 is 27.1 Å².